The van der Waals surface area contributed by atoms with Gasteiger partial charge in [-0.3, -0.25) is 9.59 Å². The number of carbonyl (C=O) groups excluding carboxylic acids is 2. The summed E-state index contributed by atoms with van der Waals surface area (Å²) in [5.74, 6) is -1.77. The number of ether oxygens (including phenoxy) is 4. The van der Waals surface area contributed by atoms with E-state index in [1.54, 1.807) is 36.4 Å². The molecule has 6 aromatic rings. The first kappa shape index (κ1) is 46.7. The minimum atomic E-state index is -0.904. The zero-order valence-electron chi connectivity index (χ0n) is 38.1. The number of phenolic OH excluding ortho intramolecular Hbond substituents is 3. The SMILES string of the molecule is COc1cc(C2CC(OC(=O)Cc3ccc4cc(O)cc(-c5cccc(CCCO)c5)c4c3)CC(OC(C)=O)C3Cc4cc(OC)c(O)cc4C(CO)C3(C=Cc3ccccc3)C2)ccc1O. The first-order chi connectivity index (χ1) is 32.4. The van der Waals surface area contributed by atoms with Gasteiger partial charge in [0.2, 0.25) is 0 Å². The maximum absolute atomic E-state index is 14.3. The van der Waals surface area contributed by atoms with Gasteiger partial charge < -0.3 is 44.5 Å². The highest BCUT2D eigenvalue weighted by Crippen LogP contribution is 2.60. The quantitative estimate of drug-likeness (QED) is 0.0660. The molecular formula is C56H58O11. The molecule has 1 fully saturated rings. The number of esters is 2. The summed E-state index contributed by atoms with van der Waals surface area (Å²) in [4.78, 5) is 27.5. The lowest BCUT2D eigenvalue weighted by Gasteiger charge is -2.54. The third-order valence-electron chi connectivity index (χ3n) is 13.8. The number of allylic oxidation sites excluding steroid dienone is 1. The number of fused-ring (bicyclic) bond motifs is 3. The van der Waals surface area contributed by atoms with E-state index in [0.717, 1.165) is 49.7 Å². The standard InChI is InChI=1S/C56H58O11/c1-34(59)66-52-30-44(67-55(63)23-37-14-15-40-24-43(60)29-46(45(40)22-37)39-13-7-11-36(21-39)12-8-20-57)25-42(38-16-17-50(61)53(27-38)64-2)32-56(19-18-35-9-5-4-6-10-35)48(52)26-41-28-54(65-3)51(62)31-47(41)49(56)33-58/h4-7,9-11,13-19,21-22,24,27-29,31,42,44,48-49,52,57-58,60-62H,8,12,20,23,25-26,30,32-33H2,1-3H3. The van der Waals surface area contributed by atoms with Crippen molar-refractivity contribution in [2.45, 2.75) is 75.9 Å². The molecule has 6 aromatic carbocycles. The van der Waals surface area contributed by atoms with Gasteiger partial charge in [-0.15, -0.1) is 0 Å². The lowest BCUT2D eigenvalue weighted by atomic mass is 9.52. The first-order valence-electron chi connectivity index (χ1n) is 22.9. The molecule has 0 spiro atoms. The fourth-order valence-corrected chi connectivity index (χ4v) is 10.7. The molecule has 0 aromatic heterocycles. The van der Waals surface area contributed by atoms with Crippen LogP contribution < -0.4 is 9.47 Å². The minimum absolute atomic E-state index is 0.0287. The smallest absolute Gasteiger partial charge is 0.310 e. The molecular weight excluding hydrogens is 849 g/mol. The Labute approximate surface area is 390 Å². The van der Waals surface area contributed by atoms with Crippen molar-refractivity contribution in [3.8, 4) is 39.9 Å². The molecule has 0 heterocycles. The summed E-state index contributed by atoms with van der Waals surface area (Å²) in [7, 11) is 2.97. The second-order valence-corrected chi connectivity index (χ2v) is 17.9. The summed E-state index contributed by atoms with van der Waals surface area (Å²) in [6.45, 7) is 1.16. The van der Waals surface area contributed by atoms with Gasteiger partial charge in [0.15, 0.2) is 23.0 Å². The molecule has 11 heteroatoms. The van der Waals surface area contributed by atoms with Gasteiger partial charge in [0.1, 0.15) is 18.0 Å². The molecule has 0 radical (unpaired) electrons. The molecule has 0 saturated heterocycles. The van der Waals surface area contributed by atoms with Crippen LogP contribution in [0, 0.1) is 11.3 Å². The Hall–Kier alpha value is -6.82. The lowest BCUT2D eigenvalue weighted by Crippen LogP contribution is -2.51. The van der Waals surface area contributed by atoms with Crippen LogP contribution in [0.1, 0.15) is 77.8 Å². The van der Waals surface area contributed by atoms with Crippen molar-refractivity contribution in [1.29, 1.82) is 0 Å². The molecule has 0 bridgehead atoms. The van der Waals surface area contributed by atoms with E-state index in [1.807, 2.05) is 78.9 Å². The lowest BCUT2D eigenvalue weighted by molar-refractivity contribution is -0.162. The molecule has 0 amide bonds. The van der Waals surface area contributed by atoms with Crippen LogP contribution in [-0.2, 0) is 38.3 Å². The molecule has 8 rings (SSSR count). The van der Waals surface area contributed by atoms with Crippen LogP contribution in [0.5, 0.6) is 28.7 Å². The van der Waals surface area contributed by atoms with Crippen LogP contribution in [0.2, 0.25) is 0 Å². The van der Waals surface area contributed by atoms with E-state index >= 15 is 0 Å². The number of hydrogen-bond donors (Lipinski definition) is 5. The van der Waals surface area contributed by atoms with Crippen LogP contribution >= 0.6 is 0 Å². The molecule has 0 aliphatic heterocycles. The average molecular weight is 907 g/mol. The summed E-state index contributed by atoms with van der Waals surface area (Å²) in [6, 6.07) is 35.6. The van der Waals surface area contributed by atoms with Crippen LogP contribution in [0.15, 0.2) is 121 Å². The van der Waals surface area contributed by atoms with Crippen molar-refractivity contribution in [2.75, 3.05) is 27.4 Å². The fourth-order valence-electron chi connectivity index (χ4n) is 10.7. The van der Waals surface area contributed by atoms with Gasteiger partial charge in [0.25, 0.3) is 0 Å². The maximum Gasteiger partial charge on any atom is 0.310 e. The number of methoxy groups -OCH3 is 2. The minimum Gasteiger partial charge on any atom is -0.508 e. The number of aliphatic hydroxyl groups is 2. The van der Waals surface area contributed by atoms with Crippen LogP contribution in [0.4, 0.5) is 0 Å². The molecule has 2 aliphatic carbocycles. The molecule has 6 unspecified atom stereocenters. The summed E-state index contributed by atoms with van der Waals surface area (Å²) >= 11 is 0. The Morgan fingerprint density at radius 2 is 1.57 bits per heavy atom. The summed E-state index contributed by atoms with van der Waals surface area (Å²) in [5.41, 5.74) is 5.91. The highest BCUT2D eigenvalue weighted by Gasteiger charge is 2.54. The maximum atomic E-state index is 14.3. The highest BCUT2D eigenvalue weighted by atomic mass is 16.6. The molecule has 348 valence electrons. The zero-order valence-corrected chi connectivity index (χ0v) is 38.1. The third kappa shape index (κ3) is 10.1. The normalized spacial score (nSPS) is 21.4. The number of aromatic hydroxyl groups is 3. The van der Waals surface area contributed by atoms with E-state index in [0.29, 0.717) is 37.7 Å². The van der Waals surface area contributed by atoms with Gasteiger partial charge in [0.05, 0.1) is 27.2 Å². The Morgan fingerprint density at radius 3 is 2.31 bits per heavy atom. The largest absolute Gasteiger partial charge is 0.508 e. The highest BCUT2D eigenvalue weighted by molar-refractivity contribution is 5.98. The van der Waals surface area contributed by atoms with E-state index < -0.39 is 41.4 Å². The van der Waals surface area contributed by atoms with Crippen LogP contribution in [0.3, 0.4) is 0 Å². The van der Waals surface area contributed by atoms with Gasteiger partial charge >= 0.3 is 11.9 Å². The topological polar surface area (TPSA) is 172 Å². The Bertz CT molecular complexity index is 2760. The van der Waals surface area contributed by atoms with E-state index in [1.165, 1.54) is 21.1 Å². The van der Waals surface area contributed by atoms with Crippen LogP contribution in [0.25, 0.3) is 28.0 Å². The van der Waals surface area contributed by atoms with E-state index in [2.05, 4.69) is 12.1 Å². The van der Waals surface area contributed by atoms with Gasteiger partial charge in [-0.1, -0.05) is 84.9 Å². The van der Waals surface area contributed by atoms with Crippen molar-refractivity contribution in [2.24, 2.45) is 11.3 Å². The third-order valence-corrected chi connectivity index (χ3v) is 13.8. The van der Waals surface area contributed by atoms with Gasteiger partial charge in [-0.05, 0) is 136 Å². The average Bonchev–Trinajstić information content (AvgIpc) is 3.31. The Balaban J connectivity index is 1.20. The second kappa shape index (κ2) is 20.4. The number of carbonyl (C=O) groups is 2. The fraction of sp³-hybridized carbons (Fsp3) is 0.321. The summed E-state index contributed by atoms with van der Waals surface area (Å²) in [6.07, 6.45) is 5.15. The van der Waals surface area contributed by atoms with Gasteiger partial charge in [-0.2, -0.15) is 0 Å². The number of benzene rings is 6. The van der Waals surface area contributed by atoms with E-state index in [-0.39, 0.29) is 60.7 Å². The number of aliphatic hydroxyl groups excluding tert-OH is 2. The number of rotatable bonds is 14. The van der Waals surface area contributed by atoms with Crippen molar-refractivity contribution in [3.05, 3.63) is 155 Å². The van der Waals surface area contributed by atoms with Crippen molar-refractivity contribution in [1.82, 2.24) is 0 Å². The molecule has 6 atom stereocenters. The van der Waals surface area contributed by atoms with Gasteiger partial charge in [-0.25, -0.2) is 0 Å². The molecule has 5 N–H and O–H groups in total. The Kier molecular flexibility index (Phi) is 14.2. The molecule has 67 heavy (non-hydrogen) atoms. The molecule has 1 saturated carbocycles. The predicted octanol–water partition coefficient (Wildman–Crippen LogP) is 9.57. The number of phenols is 3. The molecule has 2 aliphatic rings. The number of hydrogen-bond acceptors (Lipinski definition) is 11. The molecule has 11 nitrogen and oxygen atoms in total. The summed E-state index contributed by atoms with van der Waals surface area (Å²) < 4.78 is 24.0. The Morgan fingerprint density at radius 1 is 0.776 bits per heavy atom. The second-order valence-electron chi connectivity index (χ2n) is 17.9. The first-order valence-corrected chi connectivity index (χ1v) is 22.9. The zero-order chi connectivity index (χ0) is 47.2. The summed E-state index contributed by atoms with van der Waals surface area (Å²) in [5, 5.41) is 55.3. The van der Waals surface area contributed by atoms with Crippen LogP contribution in [-0.4, -0.2) is 77.1 Å². The van der Waals surface area contributed by atoms with Crippen molar-refractivity contribution in [3.63, 3.8) is 0 Å². The van der Waals surface area contributed by atoms with E-state index in [4.69, 9.17) is 18.9 Å². The number of aryl methyl sites for hydroxylation is 1. The van der Waals surface area contributed by atoms with Crippen molar-refractivity contribution >= 4 is 28.8 Å². The van der Waals surface area contributed by atoms with Gasteiger partial charge in [0, 0.05) is 37.2 Å². The van der Waals surface area contributed by atoms with E-state index in [9.17, 15) is 35.1 Å². The van der Waals surface area contributed by atoms with Crippen molar-refractivity contribution < 1.29 is 54.1 Å². The monoisotopic (exact) mass is 906 g/mol. The predicted molar refractivity (Wildman–Crippen MR) is 256 cm³/mol.